The summed E-state index contributed by atoms with van der Waals surface area (Å²) in [6, 6.07) is 3.13. The lowest BCUT2D eigenvalue weighted by molar-refractivity contribution is -0.121. The molecule has 0 saturated heterocycles. The molecule has 1 aliphatic heterocycles. The van der Waals surface area contributed by atoms with E-state index in [-0.39, 0.29) is 17.5 Å². The summed E-state index contributed by atoms with van der Waals surface area (Å²) in [7, 11) is 0. The highest BCUT2D eigenvalue weighted by atomic mass is 19.1. The van der Waals surface area contributed by atoms with Gasteiger partial charge in [-0.25, -0.2) is 4.39 Å². The monoisotopic (exact) mass is 208 g/mol. The third-order valence-electron chi connectivity index (χ3n) is 2.90. The summed E-state index contributed by atoms with van der Waals surface area (Å²) in [5, 5.41) is 0. The summed E-state index contributed by atoms with van der Waals surface area (Å²) in [6.07, 6.45) is 0.592. The van der Waals surface area contributed by atoms with Crippen LogP contribution < -0.4 is 4.74 Å². The van der Waals surface area contributed by atoms with Gasteiger partial charge >= 0.3 is 0 Å². The minimum absolute atomic E-state index is 0.101. The van der Waals surface area contributed by atoms with Crippen molar-refractivity contribution in [2.45, 2.75) is 20.3 Å². The third-order valence-corrected chi connectivity index (χ3v) is 2.90. The van der Waals surface area contributed by atoms with Gasteiger partial charge in [0.05, 0.1) is 12.5 Å². The lowest BCUT2D eigenvalue weighted by Crippen LogP contribution is -2.27. The van der Waals surface area contributed by atoms with E-state index in [1.807, 2.05) is 6.92 Å². The fourth-order valence-electron chi connectivity index (χ4n) is 1.86. The molecule has 0 bridgehead atoms. The largest absolute Gasteiger partial charge is 0.489 e. The van der Waals surface area contributed by atoms with E-state index >= 15 is 0 Å². The zero-order valence-corrected chi connectivity index (χ0v) is 8.84. The molecule has 1 heterocycles. The molecule has 0 N–H and O–H groups in total. The van der Waals surface area contributed by atoms with E-state index in [1.54, 1.807) is 13.0 Å². The van der Waals surface area contributed by atoms with E-state index in [0.29, 0.717) is 18.8 Å². The van der Waals surface area contributed by atoms with Gasteiger partial charge in [0.1, 0.15) is 5.78 Å². The highest BCUT2D eigenvalue weighted by Gasteiger charge is 2.26. The van der Waals surface area contributed by atoms with E-state index in [9.17, 15) is 9.18 Å². The summed E-state index contributed by atoms with van der Waals surface area (Å²) in [6.45, 7) is 3.75. The number of hydrogen-bond acceptors (Lipinski definition) is 2. The number of fused-ring (bicyclic) bond motifs is 1. The number of Topliss-reactive ketones (excluding diaryl/α,β-unsaturated/α-hetero) is 1. The number of carbonyl (C=O) groups excluding carboxylic acids is 1. The molecule has 0 fully saturated rings. The van der Waals surface area contributed by atoms with Crippen molar-refractivity contribution in [3.63, 3.8) is 0 Å². The molecule has 80 valence electrons. The predicted molar refractivity (Wildman–Crippen MR) is 54.5 cm³/mol. The SMILES string of the molecule is CC(=O)C1COc2c(F)ccc(C)c2C1. The van der Waals surface area contributed by atoms with Gasteiger partial charge in [0.15, 0.2) is 11.6 Å². The Kier molecular flexibility index (Phi) is 2.47. The molecular formula is C12H13FO2. The van der Waals surface area contributed by atoms with Gasteiger partial charge in [0, 0.05) is 5.56 Å². The summed E-state index contributed by atoms with van der Waals surface area (Å²) < 4.78 is 18.7. The summed E-state index contributed by atoms with van der Waals surface area (Å²) in [5.74, 6) is -0.0348. The van der Waals surface area contributed by atoms with Crippen LogP contribution in [0.2, 0.25) is 0 Å². The van der Waals surface area contributed by atoms with Crippen LogP contribution >= 0.6 is 0 Å². The molecule has 0 spiro atoms. The van der Waals surface area contributed by atoms with Crippen molar-refractivity contribution in [3.8, 4) is 5.75 Å². The van der Waals surface area contributed by atoms with Crippen LogP contribution in [-0.2, 0) is 11.2 Å². The highest BCUT2D eigenvalue weighted by Crippen LogP contribution is 2.32. The van der Waals surface area contributed by atoms with Crippen LogP contribution in [0.1, 0.15) is 18.1 Å². The van der Waals surface area contributed by atoms with Crippen molar-refractivity contribution in [2.75, 3.05) is 6.61 Å². The van der Waals surface area contributed by atoms with Gasteiger partial charge in [-0.1, -0.05) is 6.07 Å². The second-order valence-corrected chi connectivity index (χ2v) is 3.99. The number of ketones is 1. The van der Waals surface area contributed by atoms with Gasteiger partial charge in [0.25, 0.3) is 0 Å². The number of halogens is 1. The molecule has 0 saturated carbocycles. The molecule has 1 aromatic carbocycles. The first-order valence-corrected chi connectivity index (χ1v) is 5.01. The zero-order chi connectivity index (χ0) is 11.0. The van der Waals surface area contributed by atoms with E-state index in [0.717, 1.165) is 11.1 Å². The van der Waals surface area contributed by atoms with Crippen LogP contribution in [0.15, 0.2) is 12.1 Å². The molecule has 1 aliphatic rings. The quantitative estimate of drug-likeness (QED) is 0.707. The minimum Gasteiger partial charge on any atom is -0.489 e. The lowest BCUT2D eigenvalue weighted by Gasteiger charge is -2.25. The number of aryl methyl sites for hydroxylation is 1. The molecule has 2 nitrogen and oxygen atoms in total. The van der Waals surface area contributed by atoms with Crippen LogP contribution in [0.3, 0.4) is 0 Å². The van der Waals surface area contributed by atoms with Crippen LogP contribution in [0, 0.1) is 18.7 Å². The van der Waals surface area contributed by atoms with Gasteiger partial charge in [-0.15, -0.1) is 0 Å². The van der Waals surface area contributed by atoms with E-state index in [1.165, 1.54) is 6.07 Å². The molecule has 15 heavy (non-hydrogen) atoms. The first-order chi connectivity index (χ1) is 7.09. The number of benzene rings is 1. The second-order valence-electron chi connectivity index (χ2n) is 3.99. The van der Waals surface area contributed by atoms with Gasteiger partial charge in [-0.05, 0) is 31.9 Å². The smallest absolute Gasteiger partial charge is 0.165 e. The van der Waals surface area contributed by atoms with Crippen molar-refractivity contribution in [1.82, 2.24) is 0 Å². The molecule has 3 heteroatoms. The number of rotatable bonds is 1. The molecule has 1 atom stereocenters. The summed E-state index contributed by atoms with van der Waals surface area (Å²) in [4.78, 5) is 11.2. The Balaban J connectivity index is 2.41. The van der Waals surface area contributed by atoms with Crippen molar-refractivity contribution >= 4 is 5.78 Å². The minimum atomic E-state index is -0.336. The Morgan fingerprint density at radius 3 is 2.93 bits per heavy atom. The van der Waals surface area contributed by atoms with Crippen molar-refractivity contribution < 1.29 is 13.9 Å². The molecular weight excluding hydrogens is 195 g/mol. The van der Waals surface area contributed by atoms with Crippen LogP contribution in [0.5, 0.6) is 5.75 Å². The Bertz CT molecular complexity index is 412. The molecule has 0 amide bonds. The standard InChI is InChI=1S/C12H13FO2/c1-7-3-4-11(13)12-10(7)5-9(6-15-12)8(2)14/h3-4,9H,5-6H2,1-2H3. The summed E-state index contributed by atoms with van der Waals surface area (Å²) in [5.41, 5.74) is 1.82. The predicted octanol–water partition coefficient (Wildman–Crippen LogP) is 2.27. The fourth-order valence-corrected chi connectivity index (χ4v) is 1.86. The van der Waals surface area contributed by atoms with Gasteiger partial charge in [-0.3, -0.25) is 4.79 Å². The highest BCUT2D eigenvalue weighted by molar-refractivity contribution is 5.79. The molecule has 0 radical (unpaired) electrons. The number of carbonyl (C=O) groups is 1. The maximum atomic E-state index is 13.4. The topological polar surface area (TPSA) is 26.3 Å². The first kappa shape index (κ1) is 10.1. The van der Waals surface area contributed by atoms with E-state index in [2.05, 4.69) is 0 Å². The van der Waals surface area contributed by atoms with Crippen LogP contribution in [0.25, 0.3) is 0 Å². The Hall–Kier alpha value is -1.38. The fraction of sp³-hybridized carbons (Fsp3) is 0.417. The van der Waals surface area contributed by atoms with Gasteiger partial charge in [0.2, 0.25) is 0 Å². The lowest BCUT2D eigenvalue weighted by atomic mass is 9.91. The zero-order valence-electron chi connectivity index (χ0n) is 8.84. The molecule has 0 aliphatic carbocycles. The third kappa shape index (κ3) is 1.74. The van der Waals surface area contributed by atoms with E-state index < -0.39 is 0 Å². The number of hydrogen-bond donors (Lipinski definition) is 0. The average molecular weight is 208 g/mol. The van der Waals surface area contributed by atoms with Gasteiger partial charge < -0.3 is 4.74 Å². The molecule has 1 unspecified atom stereocenters. The maximum Gasteiger partial charge on any atom is 0.165 e. The summed E-state index contributed by atoms with van der Waals surface area (Å²) >= 11 is 0. The van der Waals surface area contributed by atoms with Crippen molar-refractivity contribution in [1.29, 1.82) is 0 Å². The number of ether oxygens (including phenoxy) is 1. The Morgan fingerprint density at radius 1 is 1.53 bits per heavy atom. The van der Waals surface area contributed by atoms with E-state index in [4.69, 9.17) is 4.74 Å². The maximum absolute atomic E-state index is 13.4. The molecule has 0 aromatic heterocycles. The van der Waals surface area contributed by atoms with Gasteiger partial charge in [-0.2, -0.15) is 0 Å². The molecule has 1 aromatic rings. The van der Waals surface area contributed by atoms with Crippen molar-refractivity contribution in [2.24, 2.45) is 5.92 Å². The van der Waals surface area contributed by atoms with Crippen molar-refractivity contribution in [3.05, 3.63) is 29.1 Å². The van der Waals surface area contributed by atoms with Crippen LogP contribution in [0.4, 0.5) is 4.39 Å². The normalized spacial score (nSPS) is 19.3. The van der Waals surface area contributed by atoms with Crippen LogP contribution in [-0.4, -0.2) is 12.4 Å². The first-order valence-electron chi connectivity index (χ1n) is 5.01. The molecule has 2 rings (SSSR count). The Labute approximate surface area is 88.1 Å². The average Bonchev–Trinajstić information content (AvgIpc) is 2.23. The Morgan fingerprint density at radius 2 is 2.27 bits per heavy atom. The second kappa shape index (κ2) is 3.65.